The molecule has 13 heteroatoms. The summed E-state index contributed by atoms with van der Waals surface area (Å²) in [6.45, 7) is 6.55. The highest BCUT2D eigenvalue weighted by molar-refractivity contribution is 6.72. The van der Waals surface area contributed by atoms with Gasteiger partial charge in [0.1, 0.15) is 5.75 Å². The largest absolute Gasteiger partial charge is 0.497 e. The number of carbonyl (C=O) groups is 4. The average molecular weight is 730 g/mol. The Morgan fingerprint density at radius 1 is 1.04 bits per heavy atom. The highest BCUT2D eigenvalue weighted by atomic mass is 28.4. The second-order valence-electron chi connectivity index (χ2n) is 14.8. The predicted molar refractivity (Wildman–Crippen MR) is 193 cm³/mol. The van der Waals surface area contributed by atoms with Gasteiger partial charge in [0.2, 0.25) is 20.2 Å². The molecule has 2 fully saturated rings. The van der Waals surface area contributed by atoms with Crippen LogP contribution in [-0.2, 0) is 53.8 Å². The van der Waals surface area contributed by atoms with Gasteiger partial charge in [-0.15, -0.1) is 0 Å². The molecule has 0 saturated carbocycles. The van der Waals surface area contributed by atoms with Crippen LogP contribution in [0.25, 0.3) is 0 Å². The fourth-order valence-corrected chi connectivity index (χ4v) is 11.3. The van der Waals surface area contributed by atoms with E-state index in [0.29, 0.717) is 41.2 Å². The molecule has 3 aromatic carbocycles. The first-order valence-corrected chi connectivity index (χ1v) is 20.6. The maximum atomic E-state index is 16.5. The number of rotatable bonds is 9. The van der Waals surface area contributed by atoms with E-state index >= 15 is 4.11 Å². The van der Waals surface area contributed by atoms with Crippen LogP contribution in [0.3, 0.4) is 0 Å². The first-order chi connectivity index (χ1) is 24.8. The molecule has 6 atom stereocenters. The van der Waals surface area contributed by atoms with Crippen LogP contribution in [0.4, 0.5) is 15.5 Å². The fourth-order valence-electron chi connectivity index (χ4n) is 8.81. The van der Waals surface area contributed by atoms with E-state index in [4.69, 9.17) is 14.2 Å². The molecule has 52 heavy (non-hydrogen) atoms. The minimum absolute atomic E-state index is 0.0894. The zero-order chi connectivity index (χ0) is 37.1. The standard InChI is InChI=1S/C39H44FN3O8Si/c1-23-37(52(4,5)40)33(18-34(46)41-21-27-11-7-6-10-26(27)16-29(41)22-44)51-39(23)31-17-30(49-3)13-14-32(31)42(38(39)48)20-25-9-8-12-28(15-25)43-35(47)19-36(43)50-24(2)45/h6-15,17,23,29,33,36-37,44H,16,18-22H2,1-5H3/t23-,29+,33+,36?,37-,39+/m1/s1. The van der Waals surface area contributed by atoms with Crippen molar-refractivity contribution in [2.24, 2.45) is 5.92 Å². The minimum Gasteiger partial charge on any atom is -0.497 e. The van der Waals surface area contributed by atoms with Gasteiger partial charge in [0.15, 0.2) is 11.8 Å². The van der Waals surface area contributed by atoms with E-state index < -0.39 is 49.8 Å². The molecule has 1 spiro atoms. The quantitative estimate of drug-likeness (QED) is 0.142. The maximum Gasteiger partial charge on any atom is 0.304 e. The summed E-state index contributed by atoms with van der Waals surface area (Å²) in [6.07, 6.45) is -1.14. The lowest BCUT2D eigenvalue weighted by Crippen LogP contribution is -2.54. The molecule has 0 aliphatic carbocycles. The Morgan fingerprint density at radius 3 is 2.46 bits per heavy atom. The van der Waals surface area contributed by atoms with E-state index in [1.807, 2.05) is 37.3 Å². The third-order valence-corrected chi connectivity index (χ3v) is 13.6. The first kappa shape index (κ1) is 35.8. The van der Waals surface area contributed by atoms with Crippen molar-refractivity contribution in [3.63, 3.8) is 0 Å². The number of benzene rings is 3. The van der Waals surface area contributed by atoms with E-state index in [1.54, 1.807) is 59.3 Å². The number of hydrogen-bond donors (Lipinski definition) is 1. The summed E-state index contributed by atoms with van der Waals surface area (Å²) in [4.78, 5) is 57.9. The zero-order valence-electron chi connectivity index (χ0n) is 30.0. The van der Waals surface area contributed by atoms with Crippen LogP contribution < -0.4 is 14.5 Å². The number of esters is 1. The van der Waals surface area contributed by atoms with Crippen molar-refractivity contribution < 1.29 is 42.6 Å². The summed E-state index contributed by atoms with van der Waals surface area (Å²) in [5.41, 5.74) is 2.16. The number of carbonyl (C=O) groups excluding carboxylic acids is 4. The lowest BCUT2D eigenvalue weighted by atomic mass is 9.82. The Morgan fingerprint density at radius 2 is 1.79 bits per heavy atom. The van der Waals surface area contributed by atoms with Gasteiger partial charge >= 0.3 is 5.97 Å². The molecule has 1 N–H and O–H groups in total. The summed E-state index contributed by atoms with van der Waals surface area (Å²) in [5, 5.41) is 10.3. The zero-order valence-corrected chi connectivity index (χ0v) is 31.0. The molecule has 0 radical (unpaired) electrons. The number of hydrogen-bond acceptors (Lipinski definition) is 8. The second-order valence-corrected chi connectivity index (χ2v) is 18.6. The molecular formula is C39H44FN3O8Si. The molecule has 1 unspecified atom stereocenters. The summed E-state index contributed by atoms with van der Waals surface area (Å²) >= 11 is 0. The fraction of sp³-hybridized carbons (Fsp3) is 0.436. The maximum absolute atomic E-state index is 16.5. The molecule has 3 amide bonds. The van der Waals surface area contributed by atoms with Crippen LogP contribution in [0.15, 0.2) is 66.7 Å². The SMILES string of the molecule is COc1ccc2c(c1)[C@]1(O[C@@H](CC(=O)N3Cc4ccccc4C[C@H]3CO)[C@H]([Si](C)(C)F)[C@H]1C)C(=O)N2Cc1cccc(N2C(=O)CC2OC(C)=O)c1. The number of ether oxygens (including phenoxy) is 3. The van der Waals surface area contributed by atoms with Crippen LogP contribution in [0.2, 0.25) is 18.6 Å². The van der Waals surface area contributed by atoms with E-state index in [2.05, 4.69) is 0 Å². The normalized spacial score (nSPS) is 26.7. The molecule has 2 saturated heterocycles. The number of halogens is 1. The van der Waals surface area contributed by atoms with Crippen molar-refractivity contribution in [1.82, 2.24) is 4.90 Å². The Balaban J connectivity index is 1.21. The summed E-state index contributed by atoms with van der Waals surface area (Å²) in [7, 11) is -2.04. The molecule has 0 bridgehead atoms. The number of aliphatic hydroxyl groups is 1. The van der Waals surface area contributed by atoms with E-state index in [-0.39, 0.29) is 43.7 Å². The van der Waals surface area contributed by atoms with Crippen molar-refractivity contribution in [2.75, 3.05) is 23.5 Å². The van der Waals surface area contributed by atoms with Gasteiger partial charge in [-0.1, -0.05) is 43.3 Å². The predicted octanol–water partition coefficient (Wildman–Crippen LogP) is 4.98. The van der Waals surface area contributed by atoms with Gasteiger partial charge in [0, 0.05) is 36.2 Å². The number of anilines is 2. The summed E-state index contributed by atoms with van der Waals surface area (Å²) < 4.78 is 34.3. The van der Waals surface area contributed by atoms with Crippen molar-refractivity contribution in [2.45, 2.75) is 88.8 Å². The number of methoxy groups -OCH3 is 1. The molecule has 7 rings (SSSR count). The summed E-state index contributed by atoms with van der Waals surface area (Å²) in [5.74, 6) is -1.44. The van der Waals surface area contributed by atoms with Crippen LogP contribution in [0.1, 0.15) is 48.9 Å². The second kappa shape index (κ2) is 13.4. The number of amides is 3. The minimum atomic E-state index is -3.58. The smallest absolute Gasteiger partial charge is 0.304 e. The van der Waals surface area contributed by atoms with E-state index in [1.165, 1.54) is 18.9 Å². The van der Waals surface area contributed by atoms with Gasteiger partial charge in [-0.05, 0) is 66.5 Å². The van der Waals surface area contributed by atoms with Gasteiger partial charge in [-0.3, -0.25) is 24.1 Å². The lowest BCUT2D eigenvalue weighted by molar-refractivity contribution is -0.154. The topological polar surface area (TPSA) is 126 Å². The Kier molecular flexibility index (Phi) is 9.24. The van der Waals surface area contributed by atoms with Gasteiger partial charge in [-0.25, -0.2) is 0 Å². The van der Waals surface area contributed by atoms with E-state index in [9.17, 15) is 24.3 Å². The monoisotopic (exact) mass is 729 g/mol. The van der Waals surface area contributed by atoms with Crippen LogP contribution in [0, 0.1) is 5.92 Å². The molecular weight excluding hydrogens is 686 g/mol. The first-order valence-electron chi connectivity index (χ1n) is 17.7. The number of β-lactam (4-membered cyclic amide) rings is 1. The van der Waals surface area contributed by atoms with Crippen molar-refractivity contribution >= 4 is 43.5 Å². The molecule has 0 aromatic heterocycles. The van der Waals surface area contributed by atoms with Gasteiger partial charge in [0.05, 0.1) is 50.9 Å². The number of fused-ring (bicyclic) bond motifs is 3. The highest BCUT2D eigenvalue weighted by Crippen LogP contribution is 2.61. The molecule has 274 valence electrons. The van der Waals surface area contributed by atoms with E-state index in [0.717, 1.165) is 11.1 Å². The van der Waals surface area contributed by atoms with Crippen LogP contribution in [-0.4, -0.2) is 74.2 Å². The Labute approximate surface area is 303 Å². The molecule has 4 heterocycles. The van der Waals surface area contributed by atoms with Crippen molar-refractivity contribution in [1.29, 1.82) is 0 Å². The van der Waals surface area contributed by atoms with Crippen LogP contribution >= 0.6 is 0 Å². The number of nitrogens with zero attached hydrogens (tertiary/aromatic N) is 3. The molecule has 3 aromatic rings. The van der Waals surface area contributed by atoms with Gasteiger partial charge < -0.3 is 33.2 Å². The molecule has 4 aliphatic rings. The third kappa shape index (κ3) is 5.98. The Hall–Kier alpha value is -4.59. The third-order valence-electron chi connectivity index (χ3n) is 11.2. The molecule has 11 nitrogen and oxygen atoms in total. The van der Waals surface area contributed by atoms with Gasteiger partial charge in [0.25, 0.3) is 5.91 Å². The highest BCUT2D eigenvalue weighted by Gasteiger charge is 2.67. The van der Waals surface area contributed by atoms with Gasteiger partial charge in [-0.2, -0.15) is 0 Å². The average Bonchev–Trinajstić information content (AvgIpc) is 3.52. The summed E-state index contributed by atoms with van der Waals surface area (Å²) in [6, 6.07) is 19.9. The van der Waals surface area contributed by atoms with Crippen molar-refractivity contribution in [3.8, 4) is 5.75 Å². The Bertz CT molecular complexity index is 1940. The molecule has 4 aliphatic heterocycles. The van der Waals surface area contributed by atoms with Crippen LogP contribution in [0.5, 0.6) is 5.75 Å². The van der Waals surface area contributed by atoms with Crippen molar-refractivity contribution in [3.05, 3.63) is 89.0 Å². The number of aliphatic hydroxyl groups excluding tert-OH is 1. The lowest BCUT2D eigenvalue weighted by Gasteiger charge is -2.39.